The van der Waals surface area contributed by atoms with Crippen LogP contribution in [-0.2, 0) is 11.2 Å². The van der Waals surface area contributed by atoms with Crippen molar-refractivity contribution in [3.8, 4) is 0 Å². The first kappa shape index (κ1) is 15.1. The monoisotopic (exact) mass is 278 g/mol. The van der Waals surface area contributed by atoms with Crippen LogP contribution in [0.5, 0.6) is 0 Å². The van der Waals surface area contributed by atoms with Gasteiger partial charge in [-0.2, -0.15) is 0 Å². The summed E-state index contributed by atoms with van der Waals surface area (Å²) in [6.45, 7) is 8.46. The zero-order valence-electron chi connectivity index (χ0n) is 13.0. The van der Waals surface area contributed by atoms with Crippen LogP contribution < -0.4 is 5.73 Å². The Balaban J connectivity index is 2.45. The lowest BCUT2D eigenvalue weighted by molar-refractivity contribution is 0.0524. The molecule has 1 saturated carbocycles. The first-order valence-electron chi connectivity index (χ1n) is 7.64. The van der Waals surface area contributed by atoms with E-state index >= 15 is 0 Å². The van der Waals surface area contributed by atoms with Gasteiger partial charge in [0.25, 0.3) is 0 Å². The molecule has 4 nitrogen and oxygen atoms in total. The van der Waals surface area contributed by atoms with Crippen molar-refractivity contribution >= 4 is 5.97 Å². The second-order valence-corrected chi connectivity index (χ2v) is 5.72. The molecule has 112 valence electrons. The lowest BCUT2D eigenvalue weighted by Crippen LogP contribution is -2.23. The van der Waals surface area contributed by atoms with Gasteiger partial charge in [0, 0.05) is 23.5 Å². The van der Waals surface area contributed by atoms with Gasteiger partial charge in [-0.1, -0.05) is 6.92 Å². The van der Waals surface area contributed by atoms with E-state index in [4.69, 9.17) is 10.5 Å². The summed E-state index contributed by atoms with van der Waals surface area (Å²) in [6.07, 6.45) is 4.07. The average molecular weight is 278 g/mol. The molecule has 1 fully saturated rings. The van der Waals surface area contributed by atoms with Gasteiger partial charge in [0.15, 0.2) is 0 Å². The van der Waals surface area contributed by atoms with E-state index in [9.17, 15) is 4.79 Å². The van der Waals surface area contributed by atoms with Crippen LogP contribution in [0.25, 0.3) is 0 Å². The van der Waals surface area contributed by atoms with Gasteiger partial charge in [-0.05, 0) is 52.0 Å². The number of nitrogens with zero attached hydrogens (tertiary/aromatic N) is 1. The minimum Gasteiger partial charge on any atom is -0.462 e. The molecule has 1 atom stereocenters. The number of aromatic nitrogens is 1. The van der Waals surface area contributed by atoms with Crippen LogP contribution >= 0.6 is 0 Å². The van der Waals surface area contributed by atoms with Gasteiger partial charge in [0.1, 0.15) is 0 Å². The second kappa shape index (κ2) is 6.00. The minimum atomic E-state index is -0.203. The lowest BCUT2D eigenvalue weighted by atomic mass is 10.00. The van der Waals surface area contributed by atoms with Gasteiger partial charge < -0.3 is 15.0 Å². The van der Waals surface area contributed by atoms with Gasteiger partial charge >= 0.3 is 5.97 Å². The van der Waals surface area contributed by atoms with Crippen LogP contribution in [0.15, 0.2) is 0 Å². The number of hydrogen-bond donors (Lipinski definition) is 1. The third-order valence-electron chi connectivity index (χ3n) is 4.21. The molecule has 1 aromatic rings. The minimum absolute atomic E-state index is 0.0938. The Morgan fingerprint density at radius 3 is 2.50 bits per heavy atom. The van der Waals surface area contributed by atoms with Crippen LogP contribution in [0.1, 0.15) is 66.5 Å². The van der Waals surface area contributed by atoms with Crippen molar-refractivity contribution in [2.75, 3.05) is 6.61 Å². The molecular weight excluding hydrogens is 252 g/mol. The summed E-state index contributed by atoms with van der Waals surface area (Å²) < 4.78 is 7.55. The SMILES string of the molecule is CCOC(=O)c1c(CC(N)CC)c(C)n(C2CC2)c1C. The van der Waals surface area contributed by atoms with Gasteiger partial charge in [-0.15, -0.1) is 0 Å². The third kappa shape index (κ3) is 2.75. The van der Waals surface area contributed by atoms with Gasteiger partial charge in [-0.25, -0.2) is 4.79 Å². The zero-order chi connectivity index (χ0) is 14.9. The van der Waals surface area contributed by atoms with E-state index in [0.29, 0.717) is 12.6 Å². The Morgan fingerprint density at radius 1 is 1.35 bits per heavy atom. The smallest absolute Gasteiger partial charge is 0.340 e. The largest absolute Gasteiger partial charge is 0.462 e. The van der Waals surface area contributed by atoms with Crippen LogP contribution in [0.3, 0.4) is 0 Å². The number of carbonyl (C=O) groups excluding carboxylic acids is 1. The maximum Gasteiger partial charge on any atom is 0.340 e. The molecule has 1 unspecified atom stereocenters. The molecule has 0 spiro atoms. The number of nitrogens with two attached hydrogens (primary N) is 1. The van der Waals surface area contributed by atoms with Crippen molar-refractivity contribution in [3.05, 3.63) is 22.5 Å². The van der Waals surface area contributed by atoms with Crippen LogP contribution in [0.2, 0.25) is 0 Å². The highest BCUT2D eigenvalue weighted by molar-refractivity contribution is 5.93. The summed E-state index contributed by atoms with van der Waals surface area (Å²) in [5.41, 5.74) is 10.2. The summed E-state index contributed by atoms with van der Waals surface area (Å²) in [5, 5.41) is 0. The molecule has 0 bridgehead atoms. The normalized spacial score (nSPS) is 16.2. The Morgan fingerprint density at radius 2 is 2.00 bits per heavy atom. The molecular formula is C16H26N2O2. The highest BCUT2D eigenvalue weighted by Crippen LogP contribution is 2.40. The molecule has 0 aromatic carbocycles. The molecule has 0 saturated heterocycles. The Labute approximate surface area is 121 Å². The van der Waals surface area contributed by atoms with E-state index in [0.717, 1.165) is 29.7 Å². The van der Waals surface area contributed by atoms with E-state index < -0.39 is 0 Å². The first-order valence-corrected chi connectivity index (χ1v) is 7.64. The lowest BCUT2D eigenvalue weighted by Gasteiger charge is -2.11. The van der Waals surface area contributed by atoms with E-state index in [1.165, 1.54) is 18.5 Å². The molecule has 2 N–H and O–H groups in total. The maximum atomic E-state index is 12.3. The van der Waals surface area contributed by atoms with Crippen molar-refractivity contribution in [1.29, 1.82) is 0 Å². The molecule has 4 heteroatoms. The summed E-state index contributed by atoms with van der Waals surface area (Å²) >= 11 is 0. The Kier molecular flexibility index (Phi) is 4.53. The Hall–Kier alpha value is -1.29. The molecule has 0 aliphatic heterocycles. The number of hydrogen-bond acceptors (Lipinski definition) is 3. The Bertz CT molecular complexity index is 501. The van der Waals surface area contributed by atoms with Crippen molar-refractivity contribution in [2.24, 2.45) is 5.73 Å². The molecule has 1 heterocycles. The third-order valence-corrected chi connectivity index (χ3v) is 4.21. The number of esters is 1. The van der Waals surface area contributed by atoms with E-state index in [1.807, 2.05) is 13.8 Å². The van der Waals surface area contributed by atoms with Gasteiger partial charge in [0.05, 0.1) is 12.2 Å². The fraction of sp³-hybridized carbons (Fsp3) is 0.688. The van der Waals surface area contributed by atoms with Crippen molar-refractivity contribution in [2.45, 2.75) is 65.5 Å². The summed E-state index contributed by atoms with van der Waals surface area (Å²) in [5.74, 6) is -0.203. The predicted octanol–water partition coefficient (Wildman–Crippen LogP) is 2.90. The second-order valence-electron chi connectivity index (χ2n) is 5.72. The highest BCUT2D eigenvalue weighted by atomic mass is 16.5. The van der Waals surface area contributed by atoms with E-state index in [-0.39, 0.29) is 12.0 Å². The topological polar surface area (TPSA) is 57.2 Å². The average Bonchev–Trinajstić information content (AvgIpc) is 3.19. The summed E-state index contributed by atoms with van der Waals surface area (Å²) in [4.78, 5) is 12.3. The quantitative estimate of drug-likeness (QED) is 0.814. The molecule has 1 aromatic heterocycles. The maximum absolute atomic E-state index is 12.3. The number of rotatable bonds is 6. The molecule has 2 rings (SSSR count). The number of carbonyl (C=O) groups is 1. The highest BCUT2D eigenvalue weighted by Gasteiger charge is 2.32. The van der Waals surface area contributed by atoms with Crippen molar-refractivity contribution in [1.82, 2.24) is 4.57 Å². The molecule has 20 heavy (non-hydrogen) atoms. The van der Waals surface area contributed by atoms with Crippen LogP contribution in [0.4, 0.5) is 0 Å². The zero-order valence-corrected chi connectivity index (χ0v) is 13.0. The van der Waals surface area contributed by atoms with Crippen molar-refractivity contribution < 1.29 is 9.53 Å². The van der Waals surface area contributed by atoms with Gasteiger partial charge in [0.2, 0.25) is 0 Å². The van der Waals surface area contributed by atoms with Crippen LogP contribution in [0, 0.1) is 13.8 Å². The molecule has 1 aliphatic carbocycles. The summed E-state index contributed by atoms with van der Waals surface area (Å²) in [7, 11) is 0. The summed E-state index contributed by atoms with van der Waals surface area (Å²) in [6, 6.07) is 0.658. The van der Waals surface area contributed by atoms with E-state index in [2.05, 4.69) is 18.4 Å². The molecule has 0 amide bonds. The predicted molar refractivity (Wildman–Crippen MR) is 80.1 cm³/mol. The van der Waals surface area contributed by atoms with Crippen molar-refractivity contribution in [3.63, 3.8) is 0 Å². The molecule has 0 radical (unpaired) electrons. The first-order chi connectivity index (χ1) is 9.51. The molecule has 1 aliphatic rings. The standard InChI is InChI=1S/C16H26N2O2/c1-5-12(17)9-14-10(3)18(13-7-8-13)11(4)15(14)16(19)20-6-2/h12-13H,5-9,17H2,1-4H3. The number of ether oxygens (including phenoxy) is 1. The fourth-order valence-electron chi connectivity index (χ4n) is 2.93. The van der Waals surface area contributed by atoms with Crippen LogP contribution in [-0.4, -0.2) is 23.2 Å². The van der Waals surface area contributed by atoms with E-state index in [1.54, 1.807) is 0 Å². The van der Waals surface area contributed by atoms with Gasteiger partial charge in [-0.3, -0.25) is 0 Å². The fourth-order valence-corrected chi connectivity index (χ4v) is 2.93.